The van der Waals surface area contributed by atoms with E-state index in [0.717, 1.165) is 37.2 Å². The molecule has 3 nitrogen and oxygen atoms in total. The first kappa shape index (κ1) is 14.4. The summed E-state index contributed by atoms with van der Waals surface area (Å²) in [6, 6.07) is 3.93. The average Bonchev–Trinajstić information content (AvgIpc) is 2.43. The van der Waals surface area contributed by atoms with Crippen LogP contribution in [0.4, 0.5) is 5.69 Å². The van der Waals surface area contributed by atoms with Crippen LogP contribution in [0, 0.1) is 5.92 Å². The largest absolute Gasteiger partial charge is 0.484 e. The number of ether oxygens (including phenoxy) is 1. The predicted molar refractivity (Wildman–Crippen MR) is 84.9 cm³/mol. The van der Waals surface area contributed by atoms with Crippen molar-refractivity contribution in [2.75, 3.05) is 5.73 Å². The Hall–Kier alpha value is -1.51. The van der Waals surface area contributed by atoms with Crippen LogP contribution in [0.2, 0.25) is 0 Å². The summed E-state index contributed by atoms with van der Waals surface area (Å²) in [6.45, 7) is 6.49. The van der Waals surface area contributed by atoms with Crippen molar-refractivity contribution in [3.05, 3.63) is 23.3 Å². The Kier molecular flexibility index (Phi) is 3.46. The minimum atomic E-state index is -0.302. The summed E-state index contributed by atoms with van der Waals surface area (Å²) < 4.78 is 6.30. The van der Waals surface area contributed by atoms with E-state index in [0.29, 0.717) is 29.3 Å². The fourth-order valence-corrected chi connectivity index (χ4v) is 3.54. The molecule has 1 aromatic rings. The number of Topliss-reactive ketones (excluding diaryl/α,β-unsaturated/α-hetero) is 1. The van der Waals surface area contributed by atoms with Crippen LogP contribution in [-0.4, -0.2) is 11.4 Å². The first-order chi connectivity index (χ1) is 9.90. The Morgan fingerprint density at radius 3 is 2.57 bits per heavy atom. The number of carbonyl (C=O) groups is 1. The lowest BCUT2D eigenvalue weighted by molar-refractivity contribution is 0.00460. The summed E-state index contributed by atoms with van der Waals surface area (Å²) in [4.78, 5) is 12.6. The van der Waals surface area contributed by atoms with E-state index in [1.807, 2.05) is 12.1 Å². The molecular weight excluding hydrogens is 262 g/mol. The van der Waals surface area contributed by atoms with E-state index in [9.17, 15) is 4.79 Å². The van der Waals surface area contributed by atoms with Gasteiger partial charge >= 0.3 is 0 Å². The minimum absolute atomic E-state index is 0.194. The Balaban J connectivity index is 1.97. The van der Waals surface area contributed by atoms with Gasteiger partial charge in [-0.3, -0.25) is 4.79 Å². The fraction of sp³-hybridized carbons (Fsp3) is 0.611. The molecule has 1 heterocycles. The van der Waals surface area contributed by atoms with E-state index in [2.05, 4.69) is 20.8 Å². The van der Waals surface area contributed by atoms with Gasteiger partial charge in [0, 0.05) is 0 Å². The van der Waals surface area contributed by atoms with Gasteiger partial charge in [0.2, 0.25) is 0 Å². The molecular formula is C18H25NO2. The third-order valence-electron chi connectivity index (χ3n) is 5.09. The van der Waals surface area contributed by atoms with E-state index in [4.69, 9.17) is 10.5 Å². The van der Waals surface area contributed by atoms with Crippen molar-refractivity contribution in [3.8, 4) is 5.75 Å². The Bertz CT molecular complexity index is 569. The Morgan fingerprint density at radius 1 is 1.29 bits per heavy atom. The molecule has 21 heavy (non-hydrogen) atoms. The van der Waals surface area contributed by atoms with Crippen molar-refractivity contribution < 1.29 is 9.53 Å². The van der Waals surface area contributed by atoms with Crippen LogP contribution in [0.5, 0.6) is 5.75 Å². The molecule has 0 bridgehead atoms. The number of ketones is 1. The summed E-state index contributed by atoms with van der Waals surface area (Å²) in [5, 5.41) is 0. The van der Waals surface area contributed by atoms with Crippen LogP contribution in [0.15, 0.2) is 12.1 Å². The number of rotatable bonds is 1. The highest BCUT2D eigenvalue weighted by Gasteiger charge is 2.43. The molecule has 1 fully saturated rings. The molecule has 0 radical (unpaired) electrons. The number of anilines is 1. The third-order valence-corrected chi connectivity index (χ3v) is 5.09. The van der Waals surface area contributed by atoms with Gasteiger partial charge < -0.3 is 10.5 Å². The normalized spacial score (nSPS) is 28.6. The second kappa shape index (κ2) is 5.04. The molecule has 3 heteroatoms. The van der Waals surface area contributed by atoms with Crippen molar-refractivity contribution >= 4 is 11.5 Å². The highest BCUT2D eigenvalue weighted by Crippen LogP contribution is 2.46. The summed E-state index contributed by atoms with van der Waals surface area (Å²) in [5.74, 6) is 1.92. The molecule has 0 atom stereocenters. The lowest BCUT2D eigenvalue weighted by Gasteiger charge is -2.42. The van der Waals surface area contributed by atoms with Crippen molar-refractivity contribution in [1.29, 1.82) is 0 Å². The number of hydrogen-bond acceptors (Lipinski definition) is 3. The van der Waals surface area contributed by atoms with Crippen LogP contribution < -0.4 is 10.5 Å². The van der Waals surface area contributed by atoms with Crippen LogP contribution in [0.25, 0.3) is 0 Å². The summed E-state index contributed by atoms with van der Waals surface area (Å²) >= 11 is 0. The van der Waals surface area contributed by atoms with Gasteiger partial charge in [0.25, 0.3) is 0 Å². The maximum atomic E-state index is 12.6. The topological polar surface area (TPSA) is 52.3 Å². The van der Waals surface area contributed by atoms with Gasteiger partial charge in [0.15, 0.2) is 11.5 Å². The molecule has 0 aromatic heterocycles. The molecule has 3 rings (SSSR count). The van der Waals surface area contributed by atoms with Gasteiger partial charge in [0.05, 0.1) is 17.7 Å². The van der Waals surface area contributed by atoms with Crippen LogP contribution >= 0.6 is 0 Å². The van der Waals surface area contributed by atoms with Crippen LogP contribution in [-0.2, 0) is 0 Å². The van der Waals surface area contributed by atoms with E-state index in [1.54, 1.807) is 0 Å². The molecule has 0 amide bonds. The van der Waals surface area contributed by atoms with Gasteiger partial charge in [-0.25, -0.2) is 0 Å². The van der Waals surface area contributed by atoms with Crippen LogP contribution in [0.3, 0.4) is 0 Å². The van der Waals surface area contributed by atoms with E-state index in [1.165, 1.54) is 0 Å². The molecule has 1 aliphatic carbocycles. The second-order valence-electron chi connectivity index (χ2n) is 7.21. The smallest absolute Gasteiger partial charge is 0.170 e. The van der Waals surface area contributed by atoms with Gasteiger partial charge in [-0.05, 0) is 55.2 Å². The summed E-state index contributed by atoms with van der Waals surface area (Å²) in [7, 11) is 0. The molecule has 1 aromatic carbocycles. The third kappa shape index (κ3) is 2.54. The summed E-state index contributed by atoms with van der Waals surface area (Å²) in [6.07, 6.45) is 4.70. The number of nitrogens with two attached hydrogens (primary N) is 1. The average molecular weight is 287 g/mol. The summed E-state index contributed by atoms with van der Waals surface area (Å²) in [5.41, 5.74) is 8.28. The molecule has 2 aliphatic rings. The van der Waals surface area contributed by atoms with E-state index >= 15 is 0 Å². The molecule has 2 N–H and O–H groups in total. The number of hydrogen-bond donors (Lipinski definition) is 1. The Morgan fingerprint density at radius 2 is 1.95 bits per heavy atom. The number of fused-ring (bicyclic) bond motifs is 1. The van der Waals surface area contributed by atoms with E-state index < -0.39 is 0 Å². The Labute approximate surface area is 126 Å². The highest BCUT2D eigenvalue weighted by molar-refractivity contribution is 6.02. The van der Waals surface area contributed by atoms with Gasteiger partial charge in [-0.1, -0.05) is 20.8 Å². The van der Waals surface area contributed by atoms with Gasteiger partial charge in [-0.15, -0.1) is 0 Å². The van der Waals surface area contributed by atoms with Crippen molar-refractivity contribution in [2.24, 2.45) is 5.92 Å². The molecule has 1 aliphatic heterocycles. The SMILES string of the molecule is CC1CCC2(CC1)CC(=O)c1cc(C(C)C)cc(N)c1O2. The zero-order chi connectivity index (χ0) is 15.2. The van der Waals surface area contributed by atoms with Crippen molar-refractivity contribution in [2.45, 2.75) is 64.4 Å². The molecule has 1 spiro atoms. The highest BCUT2D eigenvalue weighted by atomic mass is 16.5. The van der Waals surface area contributed by atoms with Gasteiger partial charge in [-0.2, -0.15) is 0 Å². The zero-order valence-electron chi connectivity index (χ0n) is 13.2. The maximum Gasteiger partial charge on any atom is 0.170 e. The monoisotopic (exact) mass is 287 g/mol. The lowest BCUT2D eigenvalue weighted by Crippen LogP contribution is -2.45. The number of benzene rings is 1. The van der Waals surface area contributed by atoms with Crippen molar-refractivity contribution in [3.63, 3.8) is 0 Å². The predicted octanol–water partition coefficient (Wildman–Crippen LogP) is 4.31. The molecule has 0 unspecified atom stereocenters. The quantitative estimate of drug-likeness (QED) is 0.783. The number of nitrogen functional groups attached to an aromatic ring is 1. The minimum Gasteiger partial charge on any atom is -0.484 e. The van der Waals surface area contributed by atoms with Gasteiger partial charge in [0.1, 0.15) is 5.60 Å². The maximum absolute atomic E-state index is 12.6. The first-order valence-corrected chi connectivity index (χ1v) is 8.06. The van der Waals surface area contributed by atoms with Crippen LogP contribution in [0.1, 0.15) is 74.7 Å². The first-order valence-electron chi connectivity index (χ1n) is 8.06. The lowest BCUT2D eigenvalue weighted by atomic mass is 9.74. The standard InChI is InChI=1S/C18H25NO2/c1-11(2)13-8-14-16(20)10-18(6-4-12(3)5-7-18)21-17(14)15(19)9-13/h8-9,11-12H,4-7,10,19H2,1-3H3. The second-order valence-corrected chi connectivity index (χ2v) is 7.21. The molecule has 0 saturated heterocycles. The zero-order valence-corrected chi connectivity index (χ0v) is 13.2. The fourth-order valence-electron chi connectivity index (χ4n) is 3.54. The van der Waals surface area contributed by atoms with Crippen molar-refractivity contribution in [1.82, 2.24) is 0 Å². The molecule has 1 saturated carbocycles. The van der Waals surface area contributed by atoms with E-state index in [-0.39, 0.29) is 11.4 Å². The molecule has 114 valence electrons. The number of carbonyl (C=O) groups excluding carboxylic acids is 1.